The van der Waals surface area contributed by atoms with Crippen molar-refractivity contribution in [3.05, 3.63) is 69.2 Å². The largest absolute Gasteiger partial charge is 0.357 e. The number of benzene rings is 2. The van der Waals surface area contributed by atoms with Crippen molar-refractivity contribution in [3.63, 3.8) is 0 Å². The van der Waals surface area contributed by atoms with E-state index >= 15 is 0 Å². The highest BCUT2D eigenvalue weighted by Crippen LogP contribution is 2.30. The zero-order valence-corrected chi connectivity index (χ0v) is 22.4. The predicted octanol–water partition coefficient (Wildman–Crippen LogP) is 4.20. The van der Waals surface area contributed by atoms with Crippen LogP contribution in [0.1, 0.15) is 12.8 Å². The van der Waals surface area contributed by atoms with Gasteiger partial charge >= 0.3 is 0 Å². The maximum atomic E-state index is 12.7. The van der Waals surface area contributed by atoms with Crippen molar-refractivity contribution in [1.82, 2.24) is 28.3 Å². The Morgan fingerprint density at radius 2 is 1.24 bits per heavy atom. The van der Waals surface area contributed by atoms with E-state index in [9.17, 15) is 9.59 Å². The van der Waals surface area contributed by atoms with E-state index in [-0.39, 0.29) is 17.2 Å². The molecule has 1 aliphatic rings. The maximum absolute atomic E-state index is 12.7. The maximum Gasteiger partial charge on any atom is 0.275 e. The van der Waals surface area contributed by atoms with Crippen molar-refractivity contribution in [2.75, 3.05) is 23.3 Å². The van der Waals surface area contributed by atoms with Gasteiger partial charge in [-0.3, -0.25) is 9.59 Å². The highest BCUT2D eigenvalue weighted by Gasteiger charge is 2.24. The molecule has 1 saturated heterocycles. The van der Waals surface area contributed by atoms with Crippen LogP contribution >= 0.6 is 45.7 Å². The molecule has 0 bridgehead atoms. The van der Waals surface area contributed by atoms with Crippen molar-refractivity contribution < 1.29 is 0 Å². The SMILES string of the molecule is O=c1c2ccccc2sn1-c1nnc(NC2CCN(c3nnc(-n4sc5ccccc5c4=O)s3)CC2)s1. The minimum Gasteiger partial charge on any atom is -0.357 e. The van der Waals surface area contributed by atoms with Crippen LogP contribution in [0.5, 0.6) is 0 Å². The molecule has 10 nitrogen and oxygen atoms in total. The number of hydrogen-bond acceptors (Lipinski definition) is 12. The molecule has 2 aromatic carbocycles. The second kappa shape index (κ2) is 9.13. The van der Waals surface area contributed by atoms with Crippen molar-refractivity contribution in [2.45, 2.75) is 18.9 Å². The van der Waals surface area contributed by atoms with Gasteiger partial charge in [-0.05, 0) is 60.2 Å². The van der Waals surface area contributed by atoms with Crippen molar-refractivity contribution in [3.8, 4) is 10.3 Å². The van der Waals surface area contributed by atoms with Gasteiger partial charge in [0.2, 0.25) is 20.5 Å². The van der Waals surface area contributed by atoms with E-state index in [4.69, 9.17) is 0 Å². The number of fused-ring (bicyclic) bond motifs is 2. The van der Waals surface area contributed by atoms with E-state index in [1.165, 1.54) is 45.7 Å². The number of nitrogens with zero attached hydrogens (tertiary/aromatic N) is 7. The van der Waals surface area contributed by atoms with Gasteiger partial charge in [0.15, 0.2) is 0 Å². The predicted molar refractivity (Wildman–Crippen MR) is 151 cm³/mol. The first-order valence-corrected chi connectivity index (χ1v) is 14.7. The third kappa shape index (κ3) is 4.05. The number of anilines is 2. The lowest BCUT2D eigenvalue weighted by molar-refractivity contribution is 0.524. The first-order chi connectivity index (χ1) is 18.1. The quantitative estimate of drug-likeness (QED) is 0.331. The minimum atomic E-state index is -0.0639. The van der Waals surface area contributed by atoms with Gasteiger partial charge in [-0.1, -0.05) is 46.9 Å². The summed E-state index contributed by atoms with van der Waals surface area (Å²) < 4.78 is 5.09. The fraction of sp³-hybridized carbons (Fsp3) is 0.217. The fourth-order valence-corrected chi connectivity index (χ4v) is 8.11. The summed E-state index contributed by atoms with van der Waals surface area (Å²) in [6.45, 7) is 1.63. The lowest BCUT2D eigenvalue weighted by atomic mass is 10.1. The Morgan fingerprint density at radius 1 is 0.703 bits per heavy atom. The summed E-state index contributed by atoms with van der Waals surface area (Å²) in [6, 6.07) is 15.4. The van der Waals surface area contributed by atoms with Crippen LogP contribution in [0.2, 0.25) is 0 Å². The molecule has 5 heterocycles. The summed E-state index contributed by atoms with van der Waals surface area (Å²) in [5, 5.41) is 24.8. The average Bonchev–Trinajstić information content (AvgIpc) is 3.72. The number of aromatic nitrogens is 6. The number of rotatable bonds is 5. The lowest BCUT2D eigenvalue weighted by Gasteiger charge is -2.31. The molecule has 0 atom stereocenters. The molecule has 186 valence electrons. The van der Waals surface area contributed by atoms with E-state index in [2.05, 4.69) is 30.6 Å². The van der Waals surface area contributed by atoms with Gasteiger partial charge in [0.05, 0.1) is 20.2 Å². The van der Waals surface area contributed by atoms with Gasteiger partial charge in [-0.15, -0.1) is 20.4 Å². The van der Waals surface area contributed by atoms with Gasteiger partial charge < -0.3 is 10.2 Å². The van der Waals surface area contributed by atoms with Crippen LogP contribution < -0.4 is 21.3 Å². The number of piperidine rings is 1. The third-order valence-corrected chi connectivity index (χ3v) is 10.4. The van der Waals surface area contributed by atoms with Crippen LogP contribution in [0.15, 0.2) is 58.1 Å². The molecule has 1 N–H and O–H groups in total. The number of hydrogen-bond donors (Lipinski definition) is 1. The van der Waals surface area contributed by atoms with Crippen LogP contribution in [0, 0.1) is 0 Å². The topological polar surface area (TPSA) is 111 Å². The zero-order chi connectivity index (χ0) is 24.9. The lowest BCUT2D eigenvalue weighted by Crippen LogP contribution is -2.39. The molecule has 14 heteroatoms. The molecular weight excluding hydrogens is 549 g/mol. The van der Waals surface area contributed by atoms with Gasteiger partial charge in [-0.25, -0.2) is 7.91 Å². The van der Waals surface area contributed by atoms with Crippen LogP contribution in [-0.4, -0.2) is 47.4 Å². The van der Waals surface area contributed by atoms with E-state index in [0.29, 0.717) is 26.2 Å². The second-order valence-corrected chi connectivity index (χ2v) is 12.4. The molecule has 0 unspecified atom stereocenters. The molecule has 0 saturated carbocycles. The highest BCUT2D eigenvalue weighted by atomic mass is 32.1. The van der Waals surface area contributed by atoms with E-state index in [1.807, 2.05) is 48.5 Å². The Hall–Kier alpha value is -3.46. The standard InChI is InChI=1S/C23H18N8O2S4/c32-18-14-5-1-3-7-16(14)36-30(18)22-27-25-20(34-22)24-13-9-11-29(12-10-13)21-26-28-23(35-21)31-19(33)15-6-2-4-8-17(15)37-31/h1-8,13H,9-12H2,(H,24,25). The Bertz CT molecular complexity index is 1850. The Labute approximate surface area is 225 Å². The molecule has 7 rings (SSSR count). The fourth-order valence-electron chi connectivity index (χ4n) is 4.36. The summed E-state index contributed by atoms with van der Waals surface area (Å²) >= 11 is 5.60. The Balaban J connectivity index is 1.02. The third-order valence-electron chi connectivity index (χ3n) is 6.24. The summed E-state index contributed by atoms with van der Waals surface area (Å²) in [6.07, 6.45) is 1.80. The van der Waals surface area contributed by atoms with Gasteiger partial charge in [0, 0.05) is 19.1 Å². The van der Waals surface area contributed by atoms with Gasteiger partial charge in [0.25, 0.3) is 11.1 Å². The Morgan fingerprint density at radius 3 is 1.86 bits per heavy atom. The van der Waals surface area contributed by atoms with Crippen LogP contribution in [0.25, 0.3) is 30.4 Å². The summed E-state index contributed by atoms with van der Waals surface area (Å²) in [4.78, 5) is 27.7. The van der Waals surface area contributed by atoms with Crippen LogP contribution in [0.4, 0.5) is 10.3 Å². The average molecular weight is 567 g/mol. The molecule has 1 aliphatic heterocycles. The molecule has 0 amide bonds. The molecule has 0 spiro atoms. The summed E-state index contributed by atoms with van der Waals surface area (Å²) in [5.41, 5.74) is -0.119. The molecule has 37 heavy (non-hydrogen) atoms. The van der Waals surface area contributed by atoms with Crippen molar-refractivity contribution in [1.29, 1.82) is 0 Å². The highest BCUT2D eigenvalue weighted by molar-refractivity contribution is 7.21. The van der Waals surface area contributed by atoms with Crippen molar-refractivity contribution >= 4 is 76.2 Å². The summed E-state index contributed by atoms with van der Waals surface area (Å²) in [7, 11) is 0. The molecule has 0 aliphatic carbocycles. The first-order valence-electron chi connectivity index (χ1n) is 11.6. The Kier molecular flexibility index (Phi) is 5.61. The van der Waals surface area contributed by atoms with Crippen LogP contribution in [-0.2, 0) is 0 Å². The number of nitrogens with one attached hydrogen (secondary N) is 1. The normalized spacial score (nSPS) is 14.6. The van der Waals surface area contributed by atoms with E-state index in [0.717, 1.165) is 40.5 Å². The monoisotopic (exact) mass is 566 g/mol. The molecule has 0 radical (unpaired) electrons. The van der Waals surface area contributed by atoms with Crippen LogP contribution in [0.3, 0.4) is 0 Å². The minimum absolute atomic E-state index is 0.0551. The molecular formula is C23H18N8O2S4. The smallest absolute Gasteiger partial charge is 0.275 e. The second-order valence-electron chi connectivity index (χ2n) is 8.54. The summed E-state index contributed by atoms with van der Waals surface area (Å²) in [5.74, 6) is 0. The van der Waals surface area contributed by atoms with Gasteiger partial charge in [0.1, 0.15) is 0 Å². The first kappa shape index (κ1) is 22.7. The molecule has 1 fully saturated rings. The van der Waals surface area contributed by atoms with E-state index < -0.39 is 0 Å². The van der Waals surface area contributed by atoms with Crippen molar-refractivity contribution in [2.24, 2.45) is 0 Å². The zero-order valence-electron chi connectivity index (χ0n) is 19.1. The molecule has 4 aromatic heterocycles. The van der Waals surface area contributed by atoms with E-state index in [1.54, 1.807) is 7.91 Å². The van der Waals surface area contributed by atoms with Gasteiger partial charge in [-0.2, -0.15) is 0 Å². The molecule has 6 aromatic rings.